The van der Waals surface area contributed by atoms with Crippen molar-refractivity contribution in [3.8, 4) is 11.5 Å². The summed E-state index contributed by atoms with van der Waals surface area (Å²) in [4.78, 5) is 12.5. The molecule has 0 aliphatic carbocycles. The van der Waals surface area contributed by atoms with Gasteiger partial charge in [0.25, 0.3) is 5.91 Å². The molecule has 0 saturated carbocycles. The highest BCUT2D eigenvalue weighted by Gasteiger charge is 2.25. The van der Waals surface area contributed by atoms with Crippen LogP contribution in [0, 0.1) is 0 Å². The maximum absolute atomic E-state index is 12.5. The van der Waals surface area contributed by atoms with Crippen molar-refractivity contribution in [3.63, 3.8) is 0 Å². The summed E-state index contributed by atoms with van der Waals surface area (Å²) in [7, 11) is 0. The molecule has 29 heavy (non-hydrogen) atoms. The van der Waals surface area contributed by atoms with Crippen LogP contribution in [0.15, 0.2) is 48.5 Å². The van der Waals surface area contributed by atoms with Crippen LogP contribution in [0.25, 0.3) is 0 Å². The summed E-state index contributed by atoms with van der Waals surface area (Å²) in [5.41, 5.74) is 3.16. The predicted molar refractivity (Wildman–Crippen MR) is 105 cm³/mol. The Morgan fingerprint density at radius 2 is 2.07 bits per heavy atom. The van der Waals surface area contributed by atoms with Crippen molar-refractivity contribution < 1.29 is 19.0 Å². The molecule has 7 nitrogen and oxygen atoms in total. The number of hydrogen-bond donors (Lipinski definition) is 1. The predicted octanol–water partition coefficient (Wildman–Crippen LogP) is 3.47. The maximum atomic E-state index is 12.5. The number of aromatic nitrogens is 2. The van der Waals surface area contributed by atoms with Gasteiger partial charge in [0.2, 0.25) is 6.79 Å². The van der Waals surface area contributed by atoms with E-state index in [4.69, 9.17) is 25.8 Å². The second-order valence-corrected chi connectivity index (χ2v) is 7.36. The SMILES string of the molecule is O=C(NCc1cccc(Cl)c1)c1cc2n(n1)CC(c1ccc3c(c1)OCO3)OC2. The van der Waals surface area contributed by atoms with E-state index in [1.54, 1.807) is 12.1 Å². The number of carbonyl (C=O) groups is 1. The summed E-state index contributed by atoms with van der Waals surface area (Å²) < 4.78 is 18.6. The molecule has 0 radical (unpaired) electrons. The minimum Gasteiger partial charge on any atom is -0.454 e. The number of rotatable bonds is 4. The normalized spacial score (nSPS) is 17.1. The first-order valence-electron chi connectivity index (χ1n) is 9.26. The molecule has 0 saturated heterocycles. The van der Waals surface area contributed by atoms with Crippen LogP contribution in [0.1, 0.15) is 33.4 Å². The van der Waals surface area contributed by atoms with Crippen LogP contribution in [0.2, 0.25) is 5.02 Å². The average Bonchev–Trinajstić information content (AvgIpc) is 3.37. The standard InChI is InChI=1S/C21H18ClN3O4/c22-15-3-1-2-13(6-15)9-23-21(26)17-8-16-11-27-20(10-25(16)24-17)14-4-5-18-19(7-14)29-12-28-18/h1-8,20H,9-12H2,(H,23,26). The number of nitrogens with one attached hydrogen (secondary N) is 1. The molecule has 1 amide bonds. The van der Waals surface area contributed by atoms with Gasteiger partial charge >= 0.3 is 0 Å². The van der Waals surface area contributed by atoms with E-state index in [-0.39, 0.29) is 18.8 Å². The molecule has 8 heteroatoms. The van der Waals surface area contributed by atoms with Gasteiger partial charge in [-0.2, -0.15) is 5.10 Å². The molecule has 148 valence electrons. The van der Waals surface area contributed by atoms with E-state index in [0.717, 1.165) is 28.3 Å². The van der Waals surface area contributed by atoms with Crippen LogP contribution in [-0.2, 0) is 24.4 Å². The van der Waals surface area contributed by atoms with Gasteiger partial charge in [-0.15, -0.1) is 0 Å². The van der Waals surface area contributed by atoms with Crippen molar-refractivity contribution >= 4 is 17.5 Å². The Hall–Kier alpha value is -3.03. The number of halogens is 1. The minimum atomic E-state index is -0.230. The third-order valence-electron chi connectivity index (χ3n) is 4.98. The summed E-state index contributed by atoms with van der Waals surface area (Å²) in [6, 6.07) is 14.9. The monoisotopic (exact) mass is 411 g/mol. The zero-order chi connectivity index (χ0) is 19.8. The van der Waals surface area contributed by atoms with E-state index in [0.29, 0.717) is 30.4 Å². The smallest absolute Gasteiger partial charge is 0.272 e. The second-order valence-electron chi connectivity index (χ2n) is 6.93. The summed E-state index contributed by atoms with van der Waals surface area (Å²) in [6.07, 6.45) is -0.167. The second kappa shape index (κ2) is 7.42. The molecular formula is C21H18ClN3O4. The number of amides is 1. The first-order chi connectivity index (χ1) is 14.2. The highest BCUT2D eigenvalue weighted by molar-refractivity contribution is 6.30. The summed E-state index contributed by atoms with van der Waals surface area (Å²) >= 11 is 5.98. The zero-order valence-corrected chi connectivity index (χ0v) is 16.2. The molecule has 5 rings (SSSR count). The van der Waals surface area contributed by atoms with E-state index in [1.165, 1.54) is 0 Å². The first-order valence-corrected chi connectivity index (χ1v) is 9.64. The molecule has 1 atom stereocenters. The molecule has 2 aliphatic heterocycles. The van der Waals surface area contributed by atoms with Gasteiger partial charge in [0.15, 0.2) is 17.2 Å². The molecule has 2 aliphatic rings. The summed E-state index contributed by atoms with van der Waals surface area (Å²) in [6.45, 7) is 1.53. The number of fused-ring (bicyclic) bond motifs is 2. The molecule has 1 unspecified atom stereocenters. The zero-order valence-electron chi connectivity index (χ0n) is 15.4. The van der Waals surface area contributed by atoms with E-state index in [2.05, 4.69) is 10.4 Å². The highest BCUT2D eigenvalue weighted by atomic mass is 35.5. The molecule has 0 bridgehead atoms. The van der Waals surface area contributed by atoms with Crippen molar-refractivity contribution in [1.82, 2.24) is 15.1 Å². The molecule has 3 heterocycles. The quantitative estimate of drug-likeness (QED) is 0.711. The molecule has 3 aromatic rings. The fourth-order valence-corrected chi connectivity index (χ4v) is 3.68. The van der Waals surface area contributed by atoms with Crippen molar-refractivity contribution in [1.29, 1.82) is 0 Å². The number of ether oxygens (including phenoxy) is 3. The maximum Gasteiger partial charge on any atom is 0.272 e. The fraction of sp³-hybridized carbons (Fsp3) is 0.238. The lowest BCUT2D eigenvalue weighted by Gasteiger charge is -2.24. The number of benzene rings is 2. The van der Waals surface area contributed by atoms with Crippen molar-refractivity contribution in [2.24, 2.45) is 0 Å². The summed E-state index contributed by atoms with van der Waals surface area (Å²) in [5, 5.41) is 7.99. The van der Waals surface area contributed by atoms with Gasteiger partial charge in [-0.3, -0.25) is 9.48 Å². The lowest BCUT2D eigenvalue weighted by Crippen LogP contribution is -2.24. The van der Waals surface area contributed by atoms with Crippen molar-refractivity contribution in [2.75, 3.05) is 6.79 Å². The Kier molecular flexibility index (Phi) is 4.61. The van der Waals surface area contributed by atoms with Gasteiger partial charge in [-0.25, -0.2) is 0 Å². The number of nitrogens with zero attached hydrogens (tertiary/aromatic N) is 2. The lowest BCUT2D eigenvalue weighted by molar-refractivity contribution is -0.00128. The van der Waals surface area contributed by atoms with Crippen molar-refractivity contribution in [3.05, 3.63) is 76.1 Å². The van der Waals surface area contributed by atoms with Crippen LogP contribution in [0.3, 0.4) is 0 Å². The third-order valence-corrected chi connectivity index (χ3v) is 5.21. The van der Waals surface area contributed by atoms with Gasteiger partial charge in [0, 0.05) is 11.6 Å². The Balaban J connectivity index is 1.27. The number of hydrogen-bond acceptors (Lipinski definition) is 5. The molecule has 0 fully saturated rings. The molecular weight excluding hydrogens is 394 g/mol. The Morgan fingerprint density at radius 3 is 2.97 bits per heavy atom. The Bertz CT molecular complexity index is 1080. The van der Waals surface area contributed by atoms with E-state index in [1.807, 2.05) is 41.1 Å². The van der Waals surface area contributed by atoms with Crippen LogP contribution in [0.4, 0.5) is 0 Å². The minimum absolute atomic E-state index is 0.167. The van der Waals surface area contributed by atoms with E-state index in [9.17, 15) is 4.79 Å². The topological polar surface area (TPSA) is 74.6 Å². The van der Waals surface area contributed by atoms with Gasteiger partial charge in [-0.1, -0.05) is 29.8 Å². The Morgan fingerprint density at radius 1 is 1.17 bits per heavy atom. The van der Waals surface area contributed by atoms with Gasteiger partial charge in [0.05, 0.1) is 18.8 Å². The average molecular weight is 412 g/mol. The fourth-order valence-electron chi connectivity index (χ4n) is 3.47. The first kappa shape index (κ1) is 18.0. The molecule has 1 N–H and O–H groups in total. The van der Waals surface area contributed by atoms with Crippen LogP contribution >= 0.6 is 11.6 Å². The molecule has 1 aromatic heterocycles. The Labute approximate surface area is 172 Å². The molecule has 2 aromatic carbocycles. The summed E-state index contributed by atoms with van der Waals surface area (Å²) in [5.74, 6) is 1.23. The van der Waals surface area contributed by atoms with E-state index >= 15 is 0 Å². The number of carbonyl (C=O) groups excluding carboxylic acids is 1. The van der Waals surface area contributed by atoms with Crippen molar-refractivity contribution in [2.45, 2.75) is 25.8 Å². The van der Waals surface area contributed by atoms with Crippen LogP contribution < -0.4 is 14.8 Å². The lowest BCUT2D eigenvalue weighted by atomic mass is 10.1. The van der Waals surface area contributed by atoms with Gasteiger partial charge in [0.1, 0.15) is 6.10 Å². The van der Waals surface area contributed by atoms with Crippen LogP contribution in [-0.4, -0.2) is 22.5 Å². The molecule has 0 spiro atoms. The van der Waals surface area contributed by atoms with Gasteiger partial charge < -0.3 is 19.5 Å². The van der Waals surface area contributed by atoms with Gasteiger partial charge in [-0.05, 0) is 41.5 Å². The highest BCUT2D eigenvalue weighted by Crippen LogP contribution is 2.36. The van der Waals surface area contributed by atoms with Crippen LogP contribution in [0.5, 0.6) is 11.5 Å². The van der Waals surface area contributed by atoms with E-state index < -0.39 is 0 Å². The largest absolute Gasteiger partial charge is 0.454 e. The third kappa shape index (κ3) is 3.66.